The fraction of sp³-hybridized carbons (Fsp3) is 0.591. The van der Waals surface area contributed by atoms with E-state index in [2.05, 4.69) is 5.32 Å². The number of hydrogen-bond acceptors (Lipinski definition) is 4. The Morgan fingerprint density at radius 2 is 1.61 bits per heavy atom. The second-order valence-electron chi connectivity index (χ2n) is 8.58. The molecule has 0 bridgehead atoms. The number of piperidine rings is 1. The first kappa shape index (κ1) is 22.4. The average Bonchev–Trinajstić information content (AvgIpc) is 3.62. The molecule has 1 saturated carbocycles. The number of amides is 3. The van der Waals surface area contributed by atoms with Crippen LogP contribution in [-0.4, -0.2) is 77.7 Å². The molecule has 1 aromatic rings. The molecule has 4 rings (SSSR count). The summed E-state index contributed by atoms with van der Waals surface area (Å²) in [6.45, 7) is 3.25. The highest BCUT2D eigenvalue weighted by atomic mass is 35.5. The fourth-order valence-electron chi connectivity index (χ4n) is 4.32. The predicted octanol–water partition coefficient (Wildman–Crippen LogP) is 2.87. The molecule has 1 unspecified atom stereocenters. The summed E-state index contributed by atoms with van der Waals surface area (Å²) in [5.41, 5.74) is 0.590. The smallest absolute Gasteiger partial charge is 0.241 e. The lowest BCUT2D eigenvalue weighted by Gasteiger charge is -2.38. The summed E-state index contributed by atoms with van der Waals surface area (Å²) >= 11 is 12.0. The summed E-state index contributed by atoms with van der Waals surface area (Å²) in [5, 5.41) is 3.72. The number of likely N-dealkylation sites (tertiary alicyclic amines) is 1. The molecular formula is C22H28Cl2N4O3. The van der Waals surface area contributed by atoms with Gasteiger partial charge in [-0.25, -0.2) is 0 Å². The monoisotopic (exact) mass is 466 g/mol. The predicted molar refractivity (Wildman–Crippen MR) is 120 cm³/mol. The third-order valence-corrected chi connectivity index (χ3v) is 7.05. The molecule has 9 heteroatoms. The minimum Gasteiger partial charge on any atom is -0.339 e. The van der Waals surface area contributed by atoms with Crippen LogP contribution in [0.5, 0.6) is 0 Å². The Kier molecular flexibility index (Phi) is 7.04. The van der Waals surface area contributed by atoms with Crippen molar-refractivity contribution < 1.29 is 14.4 Å². The van der Waals surface area contributed by atoms with Crippen molar-refractivity contribution in [3.63, 3.8) is 0 Å². The summed E-state index contributed by atoms with van der Waals surface area (Å²) in [5.74, 6) is 0.339. The van der Waals surface area contributed by atoms with E-state index in [0.29, 0.717) is 54.9 Å². The minimum atomic E-state index is -0.357. The Morgan fingerprint density at radius 1 is 0.903 bits per heavy atom. The number of rotatable bonds is 5. The van der Waals surface area contributed by atoms with Crippen LogP contribution < -0.4 is 5.32 Å². The van der Waals surface area contributed by atoms with Crippen molar-refractivity contribution >= 4 is 46.6 Å². The molecule has 7 nitrogen and oxygen atoms in total. The molecular weight excluding hydrogens is 439 g/mol. The van der Waals surface area contributed by atoms with Gasteiger partial charge in [0.25, 0.3) is 0 Å². The summed E-state index contributed by atoms with van der Waals surface area (Å²) < 4.78 is 0. The SMILES string of the molecule is O=C(Nc1ccc(Cl)c(Cl)c1)C1CCCCN1CC(=O)N1CCN(C(=O)C2CC2)CC1. The average molecular weight is 467 g/mol. The molecule has 0 radical (unpaired) electrons. The van der Waals surface area contributed by atoms with Crippen LogP contribution in [0.3, 0.4) is 0 Å². The number of carbonyl (C=O) groups is 3. The largest absolute Gasteiger partial charge is 0.339 e. The lowest BCUT2D eigenvalue weighted by molar-refractivity contribution is -0.142. The number of nitrogens with zero attached hydrogens (tertiary/aromatic N) is 3. The number of hydrogen-bond donors (Lipinski definition) is 1. The van der Waals surface area contributed by atoms with Gasteiger partial charge in [-0.1, -0.05) is 29.6 Å². The highest BCUT2D eigenvalue weighted by Gasteiger charge is 2.36. The van der Waals surface area contributed by atoms with Crippen LogP contribution in [0.1, 0.15) is 32.1 Å². The number of carbonyl (C=O) groups excluding carboxylic acids is 3. The number of nitrogens with one attached hydrogen (secondary N) is 1. The van der Waals surface area contributed by atoms with Gasteiger partial charge in [-0.2, -0.15) is 0 Å². The number of benzene rings is 1. The van der Waals surface area contributed by atoms with E-state index in [-0.39, 0.29) is 36.2 Å². The van der Waals surface area contributed by atoms with Crippen LogP contribution in [0.25, 0.3) is 0 Å². The topological polar surface area (TPSA) is 73.0 Å². The van der Waals surface area contributed by atoms with Crippen LogP contribution >= 0.6 is 23.2 Å². The molecule has 168 valence electrons. The van der Waals surface area contributed by atoms with Crippen LogP contribution in [0.2, 0.25) is 10.0 Å². The van der Waals surface area contributed by atoms with Crippen molar-refractivity contribution in [2.45, 2.75) is 38.1 Å². The van der Waals surface area contributed by atoms with Crippen LogP contribution in [0, 0.1) is 5.92 Å². The van der Waals surface area contributed by atoms with E-state index in [1.165, 1.54) is 0 Å². The molecule has 31 heavy (non-hydrogen) atoms. The quantitative estimate of drug-likeness (QED) is 0.723. The number of piperazine rings is 1. The van der Waals surface area contributed by atoms with Crippen molar-refractivity contribution in [2.75, 3.05) is 44.6 Å². The molecule has 2 aliphatic heterocycles. The molecule has 0 aromatic heterocycles. The van der Waals surface area contributed by atoms with E-state index in [1.807, 2.05) is 14.7 Å². The zero-order valence-corrected chi connectivity index (χ0v) is 19.0. The first-order valence-corrected chi connectivity index (χ1v) is 11.7. The maximum absolute atomic E-state index is 12.9. The molecule has 3 amide bonds. The second-order valence-corrected chi connectivity index (χ2v) is 9.39. The number of anilines is 1. The first-order valence-electron chi connectivity index (χ1n) is 11.0. The maximum Gasteiger partial charge on any atom is 0.241 e. The normalized spacial score (nSPS) is 22.3. The van der Waals surface area contributed by atoms with Crippen LogP contribution in [0.15, 0.2) is 18.2 Å². The van der Waals surface area contributed by atoms with Gasteiger partial charge in [0.05, 0.1) is 22.6 Å². The Balaban J connectivity index is 1.31. The Morgan fingerprint density at radius 3 is 2.29 bits per heavy atom. The van der Waals surface area contributed by atoms with Crippen molar-refractivity contribution in [3.05, 3.63) is 28.2 Å². The molecule has 1 aliphatic carbocycles. The Labute approximate surface area is 192 Å². The van der Waals surface area contributed by atoms with Crippen molar-refractivity contribution in [3.8, 4) is 0 Å². The lowest BCUT2D eigenvalue weighted by atomic mass is 10.0. The van der Waals surface area contributed by atoms with Gasteiger partial charge in [0, 0.05) is 37.8 Å². The van der Waals surface area contributed by atoms with Gasteiger partial charge in [-0.05, 0) is 50.4 Å². The molecule has 1 atom stereocenters. The van der Waals surface area contributed by atoms with Gasteiger partial charge < -0.3 is 15.1 Å². The van der Waals surface area contributed by atoms with Gasteiger partial charge in [0.15, 0.2) is 0 Å². The van der Waals surface area contributed by atoms with E-state index in [9.17, 15) is 14.4 Å². The highest BCUT2D eigenvalue weighted by Crippen LogP contribution is 2.31. The summed E-state index contributed by atoms with van der Waals surface area (Å²) in [6, 6.07) is 4.63. The third kappa shape index (κ3) is 5.51. The summed E-state index contributed by atoms with van der Waals surface area (Å²) in [6.07, 6.45) is 4.63. The van der Waals surface area contributed by atoms with Crippen molar-refractivity contribution in [2.24, 2.45) is 5.92 Å². The highest BCUT2D eigenvalue weighted by molar-refractivity contribution is 6.42. The Hall–Kier alpha value is -1.83. The Bertz CT molecular complexity index is 853. The van der Waals surface area contributed by atoms with Crippen molar-refractivity contribution in [1.82, 2.24) is 14.7 Å². The van der Waals surface area contributed by atoms with E-state index in [0.717, 1.165) is 25.7 Å². The van der Waals surface area contributed by atoms with Gasteiger partial charge >= 0.3 is 0 Å². The van der Waals surface area contributed by atoms with Gasteiger partial charge in [0.1, 0.15) is 0 Å². The first-order chi connectivity index (χ1) is 14.9. The third-order valence-electron chi connectivity index (χ3n) is 6.31. The molecule has 0 spiro atoms. The molecule has 1 aromatic carbocycles. The van der Waals surface area contributed by atoms with Crippen LogP contribution in [-0.2, 0) is 14.4 Å². The standard InChI is InChI=1S/C22H28Cl2N4O3/c23-17-7-6-16(13-18(17)24)25-21(30)19-3-1-2-8-28(19)14-20(29)26-9-11-27(12-10-26)22(31)15-4-5-15/h6-7,13,15,19H,1-5,8-12,14H2,(H,25,30). The molecule has 2 heterocycles. The maximum atomic E-state index is 12.9. The molecule has 2 saturated heterocycles. The molecule has 3 aliphatic rings. The van der Waals surface area contributed by atoms with E-state index < -0.39 is 0 Å². The lowest BCUT2D eigenvalue weighted by Crippen LogP contribution is -2.55. The van der Waals surface area contributed by atoms with Gasteiger partial charge in [0.2, 0.25) is 17.7 Å². The summed E-state index contributed by atoms with van der Waals surface area (Å²) in [4.78, 5) is 43.7. The van der Waals surface area contributed by atoms with E-state index in [4.69, 9.17) is 23.2 Å². The zero-order valence-electron chi connectivity index (χ0n) is 17.5. The van der Waals surface area contributed by atoms with Crippen molar-refractivity contribution in [1.29, 1.82) is 0 Å². The van der Waals surface area contributed by atoms with Crippen LogP contribution in [0.4, 0.5) is 5.69 Å². The summed E-state index contributed by atoms with van der Waals surface area (Å²) in [7, 11) is 0. The zero-order chi connectivity index (χ0) is 22.0. The molecule has 1 N–H and O–H groups in total. The number of halogens is 2. The van der Waals surface area contributed by atoms with Gasteiger partial charge in [-0.3, -0.25) is 19.3 Å². The van der Waals surface area contributed by atoms with E-state index in [1.54, 1.807) is 18.2 Å². The van der Waals surface area contributed by atoms with E-state index >= 15 is 0 Å². The van der Waals surface area contributed by atoms with Gasteiger partial charge in [-0.15, -0.1) is 0 Å². The minimum absolute atomic E-state index is 0.0211. The fourth-order valence-corrected chi connectivity index (χ4v) is 4.61. The second kappa shape index (κ2) is 9.76. The molecule has 3 fully saturated rings.